The lowest BCUT2D eigenvalue weighted by Crippen LogP contribution is -2.57. The van der Waals surface area contributed by atoms with Gasteiger partial charge in [-0.1, -0.05) is 38.8 Å². The molecular weight excluding hydrogens is 462 g/mol. The number of unbranched alkanes of at least 4 members (excludes halogenated alkanes) is 3. The van der Waals surface area contributed by atoms with Gasteiger partial charge >= 0.3 is 0 Å². The van der Waals surface area contributed by atoms with Crippen LogP contribution in [0.5, 0.6) is 0 Å². The molecule has 196 valence electrons. The van der Waals surface area contributed by atoms with Crippen molar-refractivity contribution in [2.24, 2.45) is 17.8 Å². The van der Waals surface area contributed by atoms with Gasteiger partial charge in [0.2, 0.25) is 17.7 Å². The first-order chi connectivity index (χ1) is 16.8. The number of carbonyl (C=O) groups excluding carboxylic acids is 3. The molecule has 3 fully saturated rings. The van der Waals surface area contributed by atoms with Gasteiger partial charge in [0.05, 0.1) is 16.6 Å². The van der Waals surface area contributed by atoms with E-state index in [1.165, 1.54) is 0 Å². The van der Waals surface area contributed by atoms with Crippen LogP contribution in [0.15, 0.2) is 25.3 Å². The van der Waals surface area contributed by atoms with Crippen LogP contribution in [0.2, 0.25) is 0 Å². The van der Waals surface area contributed by atoms with Crippen LogP contribution in [0.3, 0.4) is 0 Å². The fourth-order valence-corrected chi connectivity index (χ4v) is 8.84. The summed E-state index contributed by atoms with van der Waals surface area (Å²) in [6.07, 6.45) is 8.50. The van der Waals surface area contributed by atoms with E-state index in [1.54, 1.807) is 40.8 Å². The first-order valence-electron chi connectivity index (χ1n) is 13.1. The zero-order chi connectivity index (χ0) is 25.8. The highest BCUT2D eigenvalue weighted by Crippen LogP contribution is 2.68. The minimum Gasteiger partial charge on any atom is -0.396 e. The van der Waals surface area contributed by atoms with Crippen LogP contribution in [0.4, 0.5) is 0 Å². The topological polar surface area (TPSA) is 81.2 Å². The molecule has 3 rings (SSSR count). The molecule has 3 aliphatic heterocycles. The molecule has 3 aliphatic rings. The Balaban J connectivity index is 2.01. The summed E-state index contributed by atoms with van der Waals surface area (Å²) in [4.78, 5) is 47.0. The second-order valence-corrected chi connectivity index (χ2v) is 11.9. The van der Waals surface area contributed by atoms with Crippen LogP contribution < -0.4 is 0 Å². The van der Waals surface area contributed by atoms with Gasteiger partial charge in [-0.2, -0.15) is 0 Å². The number of thioether (sulfide) groups is 1. The molecule has 0 aromatic rings. The fraction of sp³-hybridized carbons (Fsp3) is 0.741. The van der Waals surface area contributed by atoms with Gasteiger partial charge in [-0.05, 0) is 31.6 Å². The van der Waals surface area contributed by atoms with E-state index in [0.29, 0.717) is 39.0 Å². The predicted octanol–water partition coefficient (Wildman–Crippen LogP) is 2.95. The average molecular weight is 506 g/mol. The van der Waals surface area contributed by atoms with Gasteiger partial charge in [0.15, 0.2) is 0 Å². The summed E-state index contributed by atoms with van der Waals surface area (Å²) in [5.41, 5.74) is 0. The number of rotatable bonds is 14. The third-order valence-electron chi connectivity index (χ3n) is 8.04. The first kappa shape index (κ1) is 27.8. The molecule has 1 N–H and O–H groups in total. The number of likely N-dealkylation sites (N-methyl/N-ethyl adjacent to an activating group) is 1. The van der Waals surface area contributed by atoms with E-state index in [0.717, 1.165) is 25.7 Å². The number of amides is 3. The lowest BCUT2D eigenvalue weighted by molar-refractivity contribution is -0.144. The van der Waals surface area contributed by atoms with E-state index in [2.05, 4.69) is 27.0 Å². The number of nitrogens with zero attached hydrogens (tertiary/aromatic N) is 3. The monoisotopic (exact) mass is 505 g/mol. The molecule has 35 heavy (non-hydrogen) atoms. The summed E-state index contributed by atoms with van der Waals surface area (Å²) in [5.74, 6) is -0.874. The maximum atomic E-state index is 14.2. The van der Waals surface area contributed by atoms with Crippen molar-refractivity contribution in [1.82, 2.24) is 14.7 Å². The highest BCUT2D eigenvalue weighted by atomic mass is 32.2. The van der Waals surface area contributed by atoms with Crippen LogP contribution in [-0.2, 0) is 14.4 Å². The molecule has 7 nitrogen and oxygen atoms in total. The predicted molar refractivity (Wildman–Crippen MR) is 141 cm³/mol. The average Bonchev–Trinajstić information content (AvgIpc) is 3.42. The van der Waals surface area contributed by atoms with Crippen molar-refractivity contribution in [3.8, 4) is 0 Å². The standard InChI is InChI=1S/C27H43N3O4S/c1-6-9-10-15-29(14-8-3)26(34)23-27-19(4)18-20(35-27)21(24(32)28(5)13-7-2)22(27)25(33)30(23)16-11-12-17-31/h7-8,19-23,31H,2-3,6,9-18H2,1,4-5H3/t19?,20-,21+,22+,23?,27?/m1/s1. The van der Waals surface area contributed by atoms with Crippen LogP contribution in [-0.4, -0.2) is 93.4 Å². The summed E-state index contributed by atoms with van der Waals surface area (Å²) in [6, 6.07) is -0.590. The molecule has 2 bridgehead atoms. The molecule has 3 unspecified atom stereocenters. The molecule has 0 aromatic carbocycles. The van der Waals surface area contributed by atoms with Crippen molar-refractivity contribution in [3.05, 3.63) is 25.3 Å². The zero-order valence-electron chi connectivity index (χ0n) is 21.7. The Morgan fingerprint density at radius 2 is 1.89 bits per heavy atom. The molecule has 3 saturated heterocycles. The summed E-state index contributed by atoms with van der Waals surface area (Å²) in [7, 11) is 1.76. The molecule has 1 spiro atoms. The maximum absolute atomic E-state index is 14.2. The van der Waals surface area contributed by atoms with Crippen molar-refractivity contribution in [2.45, 2.75) is 68.4 Å². The molecule has 3 amide bonds. The Hall–Kier alpha value is -1.80. The van der Waals surface area contributed by atoms with Crippen LogP contribution >= 0.6 is 11.8 Å². The number of hydrogen-bond acceptors (Lipinski definition) is 5. The molecule has 0 aromatic heterocycles. The van der Waals surface area contributed by atoms with Crippen LogP contribution in [0.25, 0.3) is 0 Å². The normalized spacial score (nSPS) is 30.9. The molecular formula is C27H43N3O4S. The minimum absolute atomic E-state index is 0.0200. The van der Waals surface area contributed by atoms with Crippen molar-refractivity contribution >= 4 is 29.5 Å². The number of aliphatic hydroxyl groups is 1. The van der Waals surface area contributed by atoms with Gasteiger partial charge in [-0.15, -0.1) is 24.9 Å². The SMILES string of the molecule is C=CCN(C)C(=O)[C@@H]1[C@H]2C(=O)N(CCCCO)C(C(=O)N(CC=C)CCCCC)C23S[C@@H]1CC3C. The van der Waals surface area contributed by atoms with Gasteiger partial charge in [0, 0.05) is 45.1 Å². The Labute approximate surface area is 215 Å². The number of likely N-dealkylation sites (tertiary alicyclic amines) is 1. The Bertz CT molecular complexity index is 820. The smallest absolute Gasteiger partial charge is 0.247 e. The lowest BCUT2D eigenvalue weighted by atomic mass is 9.65. The third kappa shape index (κ3) is 4.93. The Morgan fingerprint density at radius 3 is 2.51 bits per heavy atom. The Morgan fingerprint density at radius 1 is 1.17 bits per heavy atom. The van der Waals surface area contributed by atoms with Crippen molar-refractivity contribution in [3.63, 3.8) is 0 Å². The van der Waals surface area contributed by atoms with Gasteiger partial charge in [0.1, 0.15) is 6.04 Å². The van der Waals surface area contributed by atoms with Crippen LogP contribution in [0.1, 0.15) is 52.4 Å². The molecule has 0 aliphatic carbocycles. The van der Waals surface area contributed by atoms with Crippen molar-refractivity contribution < 1.29 is 19.5 Å². The third-order valence-corrected chi connectivity index (χ3v) is 10.1. The molecule has 8 heteroatoms. The zero-order valence-corrected chi connectivity index (χ0v) is 22.5. The Kier molecular flexibility index (Phi) is 9.49. The highest BCUT2D eigenvalue weighted by Gasteiger charge is 2.76. The molecule has 6 atom stereocenters. The van der Waals surface area contributed by atoms with E-state index < -0.39 is 22.6 Å². The van der Waals surface area contributed by atoms with Gasteiger partial charge in [-0.25, -0.2) is 0 Å². The summed E-state index contributed by atoms with van der Waals surface area (Å²) < 4.78 is -0.600. The number of carbonyl (C=O) groups is 3. The lowest BCUT2D eigenvalue weighted by Gasteiger charge is -2.41. The summed E-state index contributed by atoms with van der Waals surface area (Å²) >= 11 is 1.72. The maximum Gasteiger partial charge on any atom is 0.247 e. The fourth-order valence-electron chi connectivity index (χ4n) is 6.43. The highest BCUT2D eigenvalue weighted by molar-refractivity contribution is 8.02. The number of aliphatic hydroxyl groups excluding tert-OH is 1. The summed E-state index contributed by atoms with van der Waals surface area (Å²) in [5, 5.41) is 9.38. The van der Waals surface area contributed by atoms with Crippen molar-refractivity contribution in [2.75, 3.05) is 39.8 Å². The number of fused-ring (bicyclic) bond motifs is 1. The van der Waals surface area contributed by atoms with E-state index in [4.69, 9.17) is 0 Å². The van der Waals surface area contributed by atoms with Crippen LogP contribution in [0, 0.1) is 17.8 Å². The largest absolute Gasteiger partial charge is 0.396 e. The van der Waals surface area contributed by atoms with Crippen molar-refractivity contribution in [1.29, 1.82) is 0 Å². The van der Waals surface area contributed by atoms with E-state index in [9.17, 15) is 19.5 Å². The first-order valence-corrected chi connectivity index (χ1v) is 14.0. The van der Waals surface area contributed by atoms with E-state index >= 15 is 0 Å². The summed E-state index contributed by atoms with van der Waals surface area (Å²) in [6.45, 7) is 13.9. The minimum atomic E-state index is -0.600. The number of hydrogen-bond donors (Lipinski definition) is 1. The van der Waals surface area contributed by atoms with E-state index in [1.807, 2.05) is 4.90 Å². The second kappa shape index (κ2) is 12.0. The molecule has 3 heterocycles. The second-order valence-electron chi connectivity index (χ2n) is 10.3. The molecule has 0 radical (unpaired) electrons. The quantitative estimate of drug-likeness (QED) is 0.290. The van der Waals surface area contributed by atoms with Gasteiger partial charge in [-0.3, -0.25) is 14.4 Å². The van der Waals surface area contributed by atoms with Gasteiger partial charge < -0.3 is 19.8 Å². The van der Waals surface area contributed by atoms with E-state index in [-0.39, 0.29) is 35.5 Å². The molecule has 0 saturated carbocycles. The van der Waals surface area contributed by atoms with Gasteiger partial charge in [0.25, 0.3) is 0 Å².